The average molecular weight is 278 g/mol. The van der Waals surface area contributed by atoms with Crippen molar-refractivity contribution in [3.05, 3.63) is 75.4 Å². The van der Waals surface area contributed by atoms with Crippen LogP contribution in [0.1, 0.15) is 51.8 Å². The Morgan fingerprint density at radius 1 is 0.762 bits per heavy atom. The fourth-order valence-corrected chi connectivity index (χ4v) is 2.57. The molecule has 2 rings (SSSR count). The van der Waals surface area contributed by atoms with Gasteiger partial charge in [0, 0.05) is 0 Å². The fraction of sp³-hybridized carbons (Fsp3) is 0.333. The lowest BCUT2D eigenvalue weighted by atomic mass is 9.93. The summed E-state index contributed by atoms with van der Waals surface area (Å²) >= 11 is 0. The van der Waals surface area contributed by atoms with Crippen LogP contribution in [0.15, 0.2) is 36.4 Å². The van der Waals surface area contributed by atoms with Gasteiger partial charge in [0.05, 0.1) is 0 Å². The monoisotopic (exact) mass is 278 g/mol. The van der Waals surface area contributed by atoms with Crippen LogP contribution in [0.2, 0.25) is 0 Å². The van der Waals surface area contributed by atoms with Crippen molar-refractivity contribution in [2.75, 3.05) is 0 Å². The number of hydrogen-bond donors (Lipinski definition) is 0. The van der Waals surface area contributed by atoms with Gasteiger partial charge in [0.15, 0.2) is 0 Å². The van der Waals surface area contributed by atoms with E-state index < -0.39 is 0 Å². The lowest BCUT2D eigenvalue weighted by Gasteiger charge is -2.12. The molecule has 0 radical (unpaired) electrons. The predicted molar refractivity (Wildman–Crippen MR) is 94.0 cm³/mol. The highest BCUT2D eigenvalue weighted by molar-refractivity contribution is 5.53. The summed E-state index contributed by atoms with van der Waals surface area (Å²) in [6, 6.07) is 11.3. The van der Waals surface area contributed by atoms with E-state index in [1.807, 2.05) is 0 Å². The van der Waals surface area contributed by atoms with Crippen LogP contribution in [0.3, 0.4) is 0 Å². The molecule has 0 bridgehead atoms. The number of allylic oxidation sites excluding steroid dienone is 1. The van der Waals surface area contributed by atoms with E-state index in [1.54, 1.807) is 0 Å². The van der Waals surface area contributed by atoms with Crippen molar-refractivity contribution in [2.45, 2.75) is 47.5 Å². The maximum atomic E-state index is 2.32. The normalized spacial score (nSPS) is 12.9. The minimum absolute atomic E-state index is 0.435. The van der Waals surface area contributed by atoms with Gasteiger partial charge in [-0.05, 0) is 79.5 Å². The smallest absolute Gasteiger partial charge is 0.000691 e. The summed E-state index contributed by atoms with van der Waals surface area (Å²) in [5.74, 6) is 0.435. The molecule has 1 atom stereocenters. The molecule has 1 unspecified atom stereocenters. The van der Waals surface area contributed by atoms with Crippen LogP contribution in [0.4, 0.5) is 0 Å². The van der Waals surface area contributed by atoms with Gasteiger partial charge >= 0.3 is 0 Å². The van der Waals surface area contributed by atoms with E-state index in [0.717, 1.165) is 0 Å². The molecule has 0 saturated heterocycles. The Hall–Kier alpha value is -1.82. The molecule has 0 heteroatoms. The second-order valence-corrected chi connectivity index (χ2v) is 6.27. The quantitative estimate of drug-likeness (QED) is 0.641. The molecule has 0 N–H and O–H groups in total. The second kappa shape index (κ2) is 6.30. The Kier molecular flexibility index (Phi) is 4.67. The minimum atomic E-state index is 0.435. The third-order valence-corrected chi connectivity index (χ3v) is 4.58. The molecule has 0 fully saturated rings. The maximum Gasteiger partial charge on any atom is -0.000691 e. The maximum absolute atomic E-state index is 2.32. The third kappa shape index (κ3) is 3.64. The molecule has 0 saturated carbocycles. The van der Waals surface area contributed by atoms with E-state index >= 15 is 0 Å². The molecule has 2 aromatic carbocycles. The van der Waals surface area contributed by atoms with Gasteiger partial charge in [-0.25, -0.2) is 0 Å². The topological polar surface area (TPSA) is 0 Å². The van der Waals surface area contributed by atoms with E-state index in [4.69, 9.17) is 0 Å². The van der Waals surface area contributed by atoms with E-state index in [2.05, 4.69) is 84.0 Å². The van der Waals surface area contributed by atoms with E-state index in [9.17, 15) is 0 Å². The summed E-state index contributed by atoms with van der Waals surface area (Å²) in [5, 5.41) is 0. The van der Waals surface area contributed by atoms with Gasteiger partial charge < -0.3 is 0 Å². The Bertz CT molecular complexity index is 651. The van der Waals surface area contributed by atoms with Gasteiger partial charge in [-0.1, -0.05) is 49.4 Å². The molecule has 0 amide bonds. The Morgan fingerprint density at radius 3 is 1.95 bits per heavy atom. The number of rotatable bonds is 3. The largest absolute Gasteiger partial charge is 0.0767 e. The van der Waals surface area contributed by atoms with Crippen molar-refractivity contribution >= 4 is 6.08 Å². The van der Waals surface area contributed by atoms with Crippen LogP contribution >= 0.6 is 0 Å². The first-order valence-corrected chi connectivity index (χ1v) is 7.71. The van der Waals surface area contributed by atoms with Crippen molar-refractivity contribution < 1.29 is 0 Å². The average Bonchev–Trinajstić information content (AvgIpc) is 2.45. The van der Waals surface area contributed by atoms with Crippen molar-refractivity contribution in [2.24, 2.45) is 0 Å². The highest BCUT2D eigenvalue weighted by atomic mass is 14.1. The molecule has 0 aromatic heterocycles. The predicted octanol–water partition coefficient (Wildman–Crippen LogP) is 6.05. The SMILES string of the molecule is Cc1ccc(/C=C/C(C)c2cc(C)c(C)c(C)c2)cc1C. The van der Waals surface area contributed by atoms with Gasteiger partial charge in [0.1, 0.15) is 0 Å². The third-order valence-electron chi connectivity index (χ3n) is 4.58. The molecule has 0 aliphatic carbocycles. The molecule has 2 aromatic rings. The van der Waals surface area contributed by atoms with Gasteiger partial charge in [-0.3, -0.25) is 0 Å². The standard InChI is InChI=1S/C21H26/c1-14-7-9-20(11-16(14)3)10-8-15(2)21-12-17(4)19(6)18(5)13-21/h7-13,15H,1-6H3/b10-8+. The first-order valence-electron chi connectivity index (χ1n) is 7.71. The zero-order valence-electron chi connectivity index (χ0n) is 14.1. The molecule has 0 nitrogen and oxygen atoms in total. The fourth-order valence-electron chi connectivity index (χ4n) is 2.57. The van der Waals surface area contributed by atoms with Gasteiger partial charge in [0.2, 0.25) is 0 Å². The van der Waals surface area contributed by atoms with Gasteiger partial charge in [-0.15, -0.1) is 0 Å². The zero-order chi connectivity index (χ0) is 15.6. The second-order valence-electron chi connectivity index (χ2n) is 6.27. The van der Waals surface area contributed by atoms with Crippen LogP contribution in [-0.2, 0) is 0 Å². The summed E-state index contributed by atoms with van der Waals surface area (Å²) in [6.07, 6.45) is 4.54. The summed E-state index contributed by atoms with van der Waals surface area (Å²) in [7, 11) is 0. The Morgan fingerprint density at radius 2 is 1.38 bits per heavy atom. The number of hydrogen-bond acceptors (Lipinski definition) is 0. The van der Waals surface area contributed by atoms with E-state index in [1.165, 1.54) is 38.9 Å². The minimum Gasteiger partial charge on any atom is -0.0767 e. The molecule has 0 aliphatic rings. The lowest BCUT2D eigenvalue weighted by molar-refractivity contribution is 0.962. The van der Waals surface area contributed by atoms with Crippen molar-refractivity contribution in [3.8, 4) is 0 Å². The van der Waals surface area contributed by atoms with Crippen LogP contribution in [0.25, 0.3) is 6.08 Å². The molecule has 110 valence electrons. The molecular formula is C21H26. The van der Waals surface area contributed by atoms with Crippen LogP contribution in [0.5, 0.6) is 0 Å². The van der Waals surface area contributed by atoms with Crippen molar-refractivity contribution in [1.29, 1.82) is 0 Å². The van der Waals surface area contributed by atoms with Crippen LogP contribution < -0.4 is 0 Å². The Balaban J connectivity index is 2.22. The molecular weight excluding hydrogens is 252 g/mol. The first-order chi connectivity index (χ1) is 9.88. The number of benzene rings is 2. The highest BCUT2D eigenvalue weighted by Gasteiger charge is 2.06. The highest BCUT2D eigenvalue weighted by Crippen LogP contribution is 2.24. The number of aryl methyl sites for hydroxylation is 4. The van der Waals surface area contributed by atoms with Gasteiger partial charge in [-0.2, -0.15) is 0 Å². The van der Waals surface area contributed by atoms with Crippen molar-refractivity contribution in [1.82, 2.24) is 0 Å². The summed E-state index contributed by atoms with van der Waals surface area (Å²) < 4.78 is 0. The summed E-state index contributed by atoms with van der Waals surface area (Å²) in [4.78, 5) is 0. The molecule has 21 heavy (non-hydrogen) atoms. The van der Waals surface area contributed by atoms with Gasteiger partial charge in [0.25, 0.3) is 0 Å². The molecule has 0 spiro atoms. The summed E-state index contributed by atoms with van der Waals surface area (Å²) in [5.41, 5.74) is 9.56. The zero-order valence-corrected chi connectivity index (χ0v) is 14.1. The Labute approximate surface area is 129 Å². The molecule has 0 heterocycles. The van der Waals surface area contributed by atoms with E-state index in [-0.39, 0.29) is 0 Å². The summed E-state index contributed by atoms with van der Waals surface area (Å²) in [6.45, 7) is 13.2. The lowest BCUT2D eigenvalue weighted by Crippen LogP contribution is -1.95. The first kappa shape index (κ1) is 15.6. The van der Waals surface area contributed by atoms with Crippen LogP contribution in [0, 0.1) is 34.6 Å². The molecule has 0 aliphatic heterocycles. The van der Waals surface area contributed by atoms with Crippen LogP contribution in [-0.4, -0.2) is 0 Å². The van der Waals surface area contributed by atoms with Crippen molar-refractivity contribution in [3.63, 3.8) is 0 Å². The van der Waals surface area contributed by atoms with E-state index in [0.29, 0.717) is 5.92 Å².